The van der Waals surface area contributed by atoms with Crippen molar-refractivity contribution in [2.45, 2.75) is 13.5 Å². The molecule has 80 valence electrons. The summed E-state index contributed by atoms with van der Waals surface area (Å²) in [6, 6.07) is 5.50. The van der Waals surface area contributed by atoms with E-state index in [0.717, 1.165) is 17.9 Å². The topological polar surface area (TPSA) is 66.5 Å². The molecule has 0 saturated heterocycles. The van der Waals surface area contributed by atoms with Crippen molar-refractivity contribution in [3.63, 3.8) is 0 Å². The van der Waals surface area contributed by atoms with Gasteiger partial charge in [0, 0.05) is 24.6 Å². The molecule has 1 N–H and O–H groups in total. The molecule has 0 aliphatic rings. The highest BCUT2D eigenvalue weighted by Gasteiger charge is 1.99. The predicted molar refractivity (Wildman–Crippen MR) is 60.1 cm³/mol. The zero-order valence-corrected chi connectivity index (χ0v) is 8.88. The largest absolute Gasteiger partial charge is 0.353 e. The Morgan fingerprint density at radius 1 is 1.50 bits per heavy atom. The Hall–Kier alpha value is -2.35. The molecule has 5 nitrogen and oxygen atoms in total. The maximum Gasteiger partial charge on any atom is 0.142 e. The number of aromatic nitrogens is 3. The third-order valence-corrected chi connectivity index (χ3v) is 2.12. The molecule has 0 saturated carbocycles. The van der Waals surface area contributed by atoms with Gasteiger partial charge in [-0.3, -0.25) is 4.68 Å². The summed E-state index contributed by atoms with van der Waals surface area (Å²) in [6.45, 7) is 2.86. The van der Waals surface area contributed by atoms with Crippen molar-refractivity contribution in [2.75, 3.05) is 5.32 Å². The second-order valence-corrected chi connectivity index (χ2v) is 3.25. The van der Waals surface area contributed by atoms with Gasteiger partial charge < -0.3 is 5.32 Å². The maximum absolute atomic E-state index is 8.71. The van der Waals surface area contributed by atoms with Crippen LogP contribution in [0.2, 0.25) is 0 Å². The molecule has 5 heteroatoms. The van der Waals surface area contributed by atoms with Crippen molar-refractivity contribution in [3.8, 4) is 6.07 Å². The molecule has 0 aliphatic carbocycles. The standard InChI is InChI=1S/C11H11N5/c1-2-16-8-11(7-14-16)15-9-3-4-13-10(5-9)6-12/h3-5,7-8H,2H2,1H3,(H,13,15). The molecule has 0 amide bonds. The van der Waals surface area contributed by atoms with E-state index in [4.69, 9.17) is 5.26 Å². The fourth-order valence-corrected chi connectivity index (χ4v) is 1.34. The molecule has 0 fully saturated rings. The van der Waals surface area contributed by atoms with Gasteiger partial charge in [-0.2, -0.15) is 10.4 Å². The van der Waals surface area contributed by atoms with Gasteiger partial charge in [0.15, 0.2) is 0 Å². The first-order valence-corrected chi connectivity index (χ1v) is 4.97. The van der Waals surface area contributed by atoms with E-state index in [9.17, 15) is 0 Å². The van der Waals surface area contributed by atoms with Crippen molar-refractivity contribution in [1.29, 1.82) is 5.26 Å². The van der Waals surface area contributed by atoms with E-state index in [2.05, 4.69) is 15.4 Å². The molecule has 0 spiro atoms. The number of aryl methyl sites for hydroxylation is 1. The first-order valence-electron chi connectivity index (χ1n) is 4.97. The van der Waals surface area contributed by atoms with Crippen LogP contribution in [-0.4, -0.2) is 14.8 Å². The summed E-state index contributed by atoms with van der Waals surface area (Å²) in [7, 11) is 0. The van der Waals surface area contributed by atoms with Gasteiger partial charge in [0.1, 0.15) is 11.8 Å². The van der Waals surface area contributed by atoms with Gasteiger partial charge in [0.2, 0.25) is 0 Å². The summed E-state index contributed by atoms with van der Waals surface area (Å²) in [6.07, 6.45) is 5.26. The third-order valence-electron chi connectivity index (χ3n) is 2.12. The van der Waals surface area contributed by atoms with Crippen LogP contribution >= 0.6 is 0 Å². The highest BCUT2D eigenvalue weighted by molar-refractivity contribution is 5.58. The number of hydrogen-bond donors (Lipinski definition) is 1. The lowest BCUT2D eigenvalue weighted by Crippen LogP contribution is -1.93. The SMILES string of the molecule is CCn1cc(Nc2ccnc(C#N)c2)cn1. The van der Waals surface area contributed by atoms with Crippen molar-refractivity contribution >= 4 is 11.4 Å². The highest BCUT2D eigenvalue weighted by Crippen LogP contribution is 2.15. The van der Waals surface area contributed by atoms with Crippen LogP contribution in [0.25, 0.3) is 0 Å². The van der Waals surface area contributed by atoms with Crippen LogP contribution in [0, 0.1) is 11.3 Å². The second kappa shape index (κ2) is 4.45. The van der Waals surface area contributed by atoms with Gasteiger partial charge in [-0.15, -0.1) is 0 Å². The number of nitriles is 1. The minimum Gasteiger partial charge on any atom is -0.353 e. The molecule has 2 rings (SSSR count). The van der Waals surface area contributed by atoms with Crippen LogP contribution in [0.1, 0.15) is 12.6 Å². The lowest BCUT2D eigenvalue weighted by molar-refractivity contribution is 0.660. The van der Waals surface area contributed by atoms with Gasteiger partial charge >= 0.3 is 0 Å². The van der Waals surface area contributed by atoms with Gasteiger partial charge in [-0.05, 0) is 19.1 Å². The Labute approximate surface area is 93.4 Å². The molecule has 0 unspecified atom stereocenters. The molecule has 16 heavy (non-hydrogen) atoms. The summed E-state index contributed by atoms with van der Waals surface area (Å²) in [5, 5.41) is 16.0. The van der Waals surface area contributed by atoms with Crippen molar-refractivity contribution < 1.29 is 0 Å². The minimum atomic E-state index is 0.396. The number of pyridine rings is 1. The maximum atomic E-state index is 8.71. The molecule has 2 heterocycles. The Bertz CT molecular complexity index is 523. The zero-order valence-electron chi connectivity index (χ0n) is 8.88. The Morgan fingerprint density at radius 3 is 3.06 bits per heavy atom. The highest BCUT2D eigenvalue weighted by atomic mass is 15.3. The minimum absolute atomic E-state index is 0.396. The van der Waals surface area contributed by atoms with Gasteiger partial charge in [0.05, 0.1) is 11.9 Å². The van der Waals surface area contributed by atoms with E-state index in [0.29, 0.717) is 5.69 Å². The Balaban J connectivity index is 2.17. The fraction of sp³-hybridized carbons (Fsp3) is 0.182. The summed E-state index contributed by atoms with van der Waals surface area (Å²) in [5.74, 6) is 0. The first-order chi connectivity index (χ1) is 7.81. The van der Waals surface area contributed by atoms with E-state index < -0.39 is 0 Å². The fourth-order valence-electron chi connectivity index (χ4n) is 1.34. The molecule has 0 aliphatic heterocycles. The average Bonchev–Trinajstić information content (AvgIpc) is 2.77. The third kappa shape index (κ3) is 2.17. The van der Waals surface area contributed by atoms with Gasteiger partial charge in [-0.1, -0.05) is 0 Å². The molecular weight excluding hydrogens is 202 g/mol. The molecule has 0 atom stereocenters. The van der Waals surface area contributed by atoms with Crippen LogP contribution in [0.3, 0.4) is 0 Å². The number of rotatable bonds is 3. The molecule has 0 aromatic carbocycles. The van der Waals surface area contributed by atoms with Crippen molar-refractivity contribution in [1.82, 2.24) is 14.8 Å². The Kier molecular flexibility index (Phi) is 2.83. The van der Waals surface area contributed by atoms with Gasteiger partial charge in [-0.25, -0.2) is 4.98 Å². The lowest BCUT2D eigenvalue weighted by Gasteiger charge is -2.02. The molecule has 0 radical (unpaired) electrons. The number of hydrogen-bond acceptors (Lipinski definition) is 4. The summed E-state index contributed by atoms with van der Waals surface area (Å²) in [5.41, 5.74) is 2.13. The number of anilines is 2. The van der Waals surface area contributed by atoms with Crippen LogP contribution in [0.15, 0.2) is 30.7 Å². The van der Waals surface area contributed by atoms with E-state index in [1.807, 2.05) is 29.9 Å². The average molecular weight is 213 g/mol. The van der Waals surface area contributed by atoms with Crippen molar-refractivity contribution in [3.05, 3.63) is 36.4 Å². The van der Waals surface area contributed by atoms with Crippen LogP contribution in [-0.2, 0) is 6.54 Å². The van der Waals surface area contributed by atoms with E-state index in [1.54, 1.807) is 18.5 Å². The monoisotopic (exact) mass is 213 g/mol. The second-order valence-electron chi connectivity index (χ2n) is 3.25. The molecule has 0 bridgehead atoms. The zero-order chi connectivity index (χ0) is 11.4. The quantitative estimate of drug-likeness (QED) is 0.845. The first kappa shape index (κ1) is 10.2. The summed E-state index contributed by atoms with van der Waals surface area (Å²) >= 11 is 0. The molecule has 2 aromatic heterocycles. The Morgan fingerprint density at radius 2 is 2.38 bits per heavy atom. The molecule has 2 aromatic rings. The normalized spacial score (nSPS) is 9.75. The lowest BCUT2D eigenvalue weighted by atomic mass is 10.3. The smallest absolute Gasteiger partial charge is 0.142 e. The van der Waals surface area contributed by atoms with Crippen LogP contribution in [0.5, 0.6) is 0 Å². The number of nitrogens with one attached hydrogen (secondary N) is 1. The summed E-state index contributed by atoms with van der Waals surface area (Å²) < 4.78 is 1.83. The predicted octanol–water partition coefficient (Wildman–Crippen LogP) is 1.91. The van der Waals surface area contributed by atoms with Crippen LogP contribution < -0.4 is 5.32 Å². The number of nitrogens with zero attached hydrogens (tertiary/aromatic N) is 4. The van der Waals surface area contributed by atoms with E-state index in [1.165, 1.54) is 0 Å². The van der Waals surface area contributed by atoms with E-state index >= 15 is 0 Å². The van der Waals surface area contributed by atoms with Crippen molar-refractivity contribution in [2.24, 2.45) is 0 Å². The summed E-state index contributed by atoms with van der Waals surface area (Å²) in [4.78, 5) is 3.90. The van der Waals surface area contributed by atoms with Crippen LogP contribution in [0.4, 0.5) is 11.4 Å². The molecular formula is C11H11N5. The van der Waals surface area contributed by atoms with Gasteiger partial charge in [0.25, 0.3) is 0 Å². The van der Waals surface area contributed by atoms with E-state index in [-0.39, 0.29) is 0 Å².